The first-order valence-corrected chi connectivity index (χ1v) is 4.58. The van der Waals surface area contributed by atoms with E-state index >= 15 is 0 Å². The Bertz CT molecular complexity index is 350. The second-order valence-electron chi connectivity index (χ2n) is 3.37. The summed E-state index contributed by atoms with van der Waals surface area (Å²) < 4.78 is 17.4. The molecule has 0 saturated heterocycles. The number of rotatable bonds is 3. The number of hydrogen-bond donors (Lipinski definition) is 1. The van der Waals surface area contributed by atoms with Crippen LogP contribution in [0.2, 0.25) is 0 Å². The Morgan fingerprint density at radius 2 is 1.93 bits per heavy atom. The van der Waals surface area contributed by atoms with Gasteiger partial charge in [-0.2, -0.15) is 0 Å². The molecule has 82 valence electrons. The van der Waals surface area contributed by atoms with Gasteiger partial charge in [0, 0.05) is 0 Å². The number of carbonyl (C=O) groups excluding carboxylic acids is 1. The summed E-state index contributed by atoms with van der Waals surface area (Å²) in [5, 5.41) is 2.87. The van der Waals surface area contributed by atoms with E-state index in [1.54, 1.807) is 26.1 Å². The smallest absolute Gasteiger partial charge is 0.330 e. The number of esters is 1. The molecule has 0 fully saturated rings. The van der Waals surface area contributed by atoms with Gasteiger partial charge in [0.25, 0.3) is 0 Å². The van der Waals surface area contributed by atoms with Crippen molar-refractivity contribution in [2.45, 2.75) is 12.5 Å². The van der Waals surface area contributed by atoms with Crippen LogP contribution in [-0.4, -0.2) is 20.1 Å². The largest absolute Gasteiger partial charge is 0.467 e. The van der Waals surface area contributed by atoms with Gasteiger partial charge in [0.2, 0.25) is 0 Å². The van der Waals surface area contributed by atoms with E-state index in [2.05, 4.69) is 5.32 Å². The summed E-state index contributed by atoms with van der Waals surface area (Å²) in [5.74, 6) is -0.737. The first kappa shape index (κ1) is 11.7. The maximum Gasteiger partial charge on any atom is 0.330 e. The number of benzene rings is 1. The third-order valence-electron chi connectivity index (χ3n) is 2.52. The molecule has 1 N–H and O–H groups in total. The van der Waals surface area contributed by atoms with E-state index in [0.29, 0.717) is 5.56 Å². The summed E-state index contributed by atoms with van der Waals surface area (Å²) in [6.45, 7) is 1.69. The Hall–Kier alpha value is -1.42. The molecule has 15 heavy (non-hydrogen) atoms. The number of likely N-dealkylation sites (N-methyl/N-ethyl adjacent to an activating group) is 1. The summed E-state index contributed by atoms with van der Waals surface area (Å²) in [5.41, 5.74) is -0.277. The number of hydrogen-bond acceptors (Lipinski definition) is 3. The fourth-order valence-electron chi connectivity index (χ4n) is 1.35. The molecule has 0 heterocycles. The predicted molar refractivity (Wildman–Crippen MR) is 54.8 cm³/mol. The highest BCUT2D eigenvalue weighted by atomic mass is 19.1. The van der Waals surface area contributed by atoms with Gasteiger partial charge in [-0.1, -0.05) is 12.1 Å². The first-order chi connectivity index (χ1) is 7.04. The Morgan fingerprint density at radius 3 is 2.33 bits per heavy atom. The summed E-state index contributed by atoms with van der Waals surface area (Å²) in [7, 11) is 2.97. The number of ether oxygens (including phenoxy) is 1. The highest BCUT2D eigenvalue weighted by Crippen LogP contribution is 2.21. The molecule has 0 aliphatic rings. The van der Waals surface area contributed by atoms with Gasteiger partial charge in [0.05, 0.1) is 7.11 Å². The molecule has 0 amide bonds. The van der Waals surface area contributed by atoms with Crippen molar-refractivity contribution >= 4 is 5.97 Å². The highest BCUT2D eigenvalue weighted by Gasteiger charge is 2.34. The SMILES string of the molecule is CNC(C)(C(=O)OC)c1ccc(F)cc1. The summed E-state index contributed by atoms with van der Waals surface area (Å²) in [6, 6.07) is 5.74. The summed E-state index contributed by atoms with van der Waals surface area (Å²) in [4.78, 5) is 11.6. The van der Waals surface area contributed by atoms with Gasteiger partial charge >= 0.3 is 5.97 Å². The van der Waals surface area contributed by atoms with Crippen molar-refractivity contribution in [1.82, 2.24) is 5.32 Å². The van der Waals surface area contributed by atoms with Crippen LogP contribution in [0.15, 0.2) is 24.3 Å². The molecule has 0 radical (unpaired) electrons. The van der Waals surface area contributed by atoms with Crippen molar-refractivity contribution in [1.29, 1.82) is 0 Å². The number of nitrogens with one attached hydrogen (secondary N) is 1. The van der Waals surface area contributed by atoms with Crippen molar-refractivity contribution in [2.24, 2.45) is 0 Å². The van der Waals surface area contributed by atoms with Gasteiger partial charge in [-0.05, 0) is 31.7 Å². The van der Waals surface area contributed by atoms with Crippen LogP contribution in [-0.2, 0) is 15.1 Å². The van der Waals surface area contributed by atoms with Crippen LogP contribution in [0.3, 0.4) is 0 Å². The van der Waals surface area contributed by atoms with Gasteiger partial charge in [-0.25, -0.2) is 9.18 Å². The van der Waals surface area contributed by atoms with Crippen LogP contribution in [0.5, 0.6) is 0 Å². The lowest BCUT2D eigenvalue weighted by Crippen LogP contribution is -2.45. The molecule has 0 saturated carbocycles. The van der Waals surface area contributed by atoms with E-state index in [1.165, 1.54) is 19.2 Å². The molecule has 1 unspecified atom stereocenters. The average molecular weight is 211 g/mol. The van der Waals surface area contributed by atoms with Gasteiger partial charge in [-0.3, -0.25) is 0 Å². The first-order valence-electron chi connectivity index (χ1n) is 4.58. The van der Waals surface area contributed by atoms with Crippen LogP contribution >= 0.6 is 0 Å². The molecule has 0 aromatic heterocycles. The monoisotopic (exact) mass is 211 g/mol. The molecule has 1 rings (SSSR count). The number of halogens is 1. The van der Waals surface area contributed by atoms with Crippen LogP contribution < -0.4 is 5.32 Å². The van der Waals surface area contributed by atoms with Crippen molar-refractivity contribution in [3.8, 4) is 0 Å². The van der Waals surface area contributed by atoms with Gasteiger partial charge in [0.1, 0.15) is 11.4 Å². The van der Waals surface area contributed by atoms with E-state index in [-0.39, 0.29) is 5.82 Å². The number of carbonyl (C=O) groups is 1. The molecular formula is C11H14FNO2. The molecule has 0 aliphatic heterocycles. The minimum absolute atomic E-state index is 0.331. The molecule has 0 spiro atoms. The van der Waals surface area contributed by atoms with Crippen molar-refractivity contribution in [2.75, 3.05) is 14.2 Å². The van der Waals surface area contributed by atoms with E-state index in [4.69, 9.17) is 4.74 Å². The molecule has 1 aromatic carbocycles. The normalized spacial score (nSPS) is 14.4. The topological polar surface area (TPSA) is 38.3 Å². The Labute approximate surface area is 88.2 Å². The van der Waals surface area contributed by atoms with Crippen LogP contribution in [0.25, 0.3) is 0 Å². The van der Waals surface area contributed by atoms with Crippen LogP contribution in [0.1, 0.15) is 12.5 Å². The average Bonchev–Trinajstić information content (AvgIpc) is 2.27. The maximum atomic E-state index is 12.7. The third kappa shape index (κ3) is 2.15. The third-order valence-corrected chi connectivity index (χ3v) is 2.52. The zero-order chi connectivity index (χ0) is 11.5. The van der Waals surface area contributed by atoms with Crippen molar-refractivity contribution in [3.05, 3.63) is 35.6 Å². The molecular weight excluding hydrogens is 197 g/mol. The van der Waals surface area contributed by atoms with E-state index in [9.17, 15) is 9.18 Å². The zero-order valence-corrected chi connectivity index (χ0v) is 9.00. The minimum Gasteiger partial charge on any atom is -0.467 e. The molecule has 4 heteroatoms. The second kappa shape index (κ2) is 4.40. The van der Waals surface area contributed by atoms with Crippen LogP contribution in [0.4, 0.5) is 4.39 Å². The Balaban J connectivity index is 3.11. The predicted octanol–water partition coefficient (Wildman–Crippen LogP) is 1.43. The standard InChI is InChI=1S/C11H14FNO2/c1-11(13-2,10(14)15-3)8-4-6-9(12)7-5-8/h4-7,13H,1-3H3. The molecule has 0 aliphatic carbocycles. The quantitative estimate of drug-likeness (QED) is 0.769. The lowest BCUT2D eigenvalue weighted by molar-refractivity contribution is -0.148. The fourth-order valence-corrected chi connectivity index (χ4v) is 1.35. The van der Waals surface area contributed by atoms with Gasteiger partial charge in [-0.15, -0.1) is 0 Å². The van der Waals surface area contributed by atoms with Crippen molar-refractivity contribution < 1.29 is 13.9 Å². The Morgan fingerprint density at radius 1 is 1.40 bits per heavy atom. The fraction of sp³-hybridized carbons (Fsp3) is 0.364. The lowest BCUT2D eigenvalue weighted by atomic mass is 9.92. The summed E-state index contributed by atoms with van der Waals surface area (Å²) in [6.07, 6.45) is 0. The van der Waals surface area contributed by atoms with Gasteiger partial charge in [0.15, 0.2) is 0 Å². The molecule has 0 bridgehead atoms. The minimum atomic E-state index is -0.942. The zero-order valence-electron chi connectivity index (χ0n) is 9.00. The van der Waals surface area contributed by atoms with Crippen LogP contribution in [0, 0.1) is 5.82 Å². The Kier molecular flexibility index (Phi) is 3.42. The van der Waals surface area contributed by atoms with Gasteiger partial charge < -0.3 is 10.1 Å². The second-order valence-corrected chi connectivity index (χ2v) is 3.37. The molecule has 3 nitrogen and oxygen atoms in total. The summed E-state index contributed by atoms with van der Waals surface area (Å²) >= 11 is 0. The van der Waals surface area contributed by atoms with E-state index in [1.807, 2.05) is 0 Å². The maximum absolute atomic E-state index is 12.7. The van der Waals surface area contributed by atoms with Crippen molar-refractivity contribution in [3.63, 3.8) is 0 Å². The highest BCUT2D eigenvalue weighted by molar-refractivity contribution is 5.82. The molecule has 1 atom stereocenters. The van der Waals surface area contributed by atoms with E-state index < -0.39 is 11.5 Å². The lowest BCUT2D eigenvalue weighted by Gasteiger charge is -2.26. The number of methoxy groups -OCH3 is 1. The molecule has 1 aromatic rings. The van der Waals surface area contributed by atoms with E-state index in [0.717, 1.165) is 0 Å².